The summed E-state index contributed by atoms with van der Waals surface area (Å²) < 4.78 is 0. The molecule has 0 saturated carbocycles. The molecule has 0 spiro atoms. The number of rotatable bonds is 42. The predicted octanol–water partition coefficient (Wildman–Crippen LogP) is 23.3. The van der Waals surface area contributed by atoms with Gasteiger partial charge in [-0.25, -0.2) is 0 Å². The van der Waals surface area contributed by atoms with E-state index in [-0.39, 0.29) is 22.3 Å². The summed E-state index contributed by atoms with van der Waals surface area (Å²) in [6, 6.07) is 0. The Hall–Kier alpha value is 0. The Morgan fingerprint density at radius 3 is 0.386 bits per heavy atom. The van der Waals surface area contributed by atoms with Gasteiger partial charge in [-0.2, -0.15) is 0 Å². The van der Waals surface area contributed by atoms with E-state index in [9.17, 15) is 0 Å². The van der Waals surface area contributed by atoms with Crippen molar-refractivity contribution in [1.82, 2.24) is 0 Å². The molecule has 0 bridgehead atoms. The van der Waals surface area contributed by atoms with Crippen LogP contribution >= 0.6 is 0 Å². The second-order valence-electron chi connectivity index (χ2n) is 18.2. The van der Waals surface area contributed by atoms with Gasteiger partial charge in [0.25, 0.3) is 0 Å². The molecule has 0 aliphatic heterocycles. The summed E-state index contributed by atoms with van der Waals surface area (Å²) >= 11 is 0. The molecule has 354 valence electrons. The maximum Gasteiger partial charge on any atom is -0.0414 e. The molecule has 0 radical (unpaired) electrons. The summed E-state index contributed by atoms with van der Waals surface area (Å²) in [7, 11) is 0. The van der Waals surface area contributed by atoms with Crippen molar-refractivity contribution in [3.63, 3.8) is 0 Å². The minimum Gasteiger partial charge on any atom is -0.0776 e. The van der Waals surface area contributed by atoms with Crippen LogP contribution in [0.4, 0.5) is 0 Å². The van der Waals surface area contributed by atoms with Crippen LogP contribution in [0.5, 0.6) is 0 Å². The SMILES string of the molecule is C.C.C.CCCCCCC(CCCCC)CCCCCC.CCCCCCC(CCCCC)CCCCCC.CCCCCCC(CCCCC)CCCCCC. The monoisotopic (exact) mass is 811 g/mol. The molecule has 0 N–H and O–H groups in total. The molecule has 0 atom stereocenters. The first kappa shape index (κ1) is 68.7. The molecule has 0 heterocycles. The quantitative estimate of drug-likeness (QED) is 0.0539. The van der Waals surface area contributed by atoms with Crippen molar-refractivity contribution < 1.29 is 0 Å². The lowest BCUT2D eigenvalue weighted by molar-refractivity contribution is 0.370. The van der Waals surface area contributed by atoms with Crippen molar-refractivity contribution in [1.29, 1.82) is 0 Å². The van der Waals surface area contributed by atoms with Crippen LogP contribution < -0.4 is 0 Å². The highest BCUT2D eigenvalue weighted by molar-refractivity contribution is 4.64. The van der Waals surface area contributed by atoms with E-state index in [1.807, 2.05) is 0 Å². The molecule has 57 heavy (non-hydrogen) atoms. The van der Waals surface area contributed by atoms with E-state index in [0.717, 1.165) is 17.8 Å². The second kappa shape index (κ2) is 65.1. The zero-order valence-electron chi connectivity index (χ0n) is 40.4. The fourth-order valence-electron chi connectivity index (χ4n) is 8.51. The molecule has 0 heteroatoms. The van der Waals surface area contributed by atoms with Crippen molar-refractivity contribution in [3.05, 3.63) is 0 Å². The molecule has 0 fully saturated rings. The van der Waals surface area contributed by atoms with Gasteiger partial charge in [-0.05, 0) is 17.8 Å². The van der Waals surface area contributed by atoms with Crippen molar-refractivity contribution in [2.45, 2.75) is 354 Å². The van der Waals surface area contributed by atoms with Gasteiger partial charge in [-0.1, -0.05) is 354 Å². The van der Waals surface area contributed by atoms with Gasteiger partial charge in [0.05, 0.1) is 0 Å². The van der Waals surface area contributed by atoms with Gasteiger partial charge in [0, 0.05) is 0 Å². The van der Waals surface area contributed by atoms with Crippen LogP contribution in [0.2, 0.25) is 0 Å². The summed E-state index contributed by atoms with van der Waals surface area (Å²) in [5, 5.41) is 0. The van der Waals surface area contributed by atoms with Crippen LogP contribution in [0.15, 0.2) is 0 Å². The fourth-order valence-corrected chi connectivity index (χ4v) is 8.51. The van der Waals surface area contributed by atoms with Crippen LogP contribution in [-0.4, -0.2) is 0 Å². The molecule has 0 aromatic heterocycles. The Labute approximate surface area is 370 Å². The number of hydrogen-bond donors (Lipinski definition) is 0. The van der Waals surface area contributed by atoms with E-state index in [1.165, 1.54) is 270 Å². The molecule has 0 aromatic carbocycles. The Kier molecular flexibility index (Phi) is 78.5. The Morgan fingerprint density at radius 1 is 0.158 bits per heavy atom. The number of unbranched alkanes of at least 4 members (excludes halogenated alkanes) is 24. The Bertz CT molecular complexity index is 462. The molecule has 0 nitrogen and oxygen atoms in total. The second-order valence-corrected chi connectivity index (χ2v) is 18.2. The highest BCUT2D eigenvalue weighted by Gasteiger charge is 2.10. The molecule has 0 aliphatic rings. The lowest BCUT2D eigenvalue weighted by Crippen LogP contribution is -2.01. The molecule has 0 aliphatic carbocycles. The highest BCUT2D eigenvalue weighted by Crippen LogP contribution is 2.26. The van der Waals surface area contributed by atoms with Gasteiger partial charge < -0.3 is 0 Å². The third-order valence-corrected chi connectivity index (χ3v) is 12.4. The molecule has 0 saturated heterocycles. The maximum absolute atomic E-state index is 2.32. The minimum atomic E-state index is 0. The fraction of sp³-hybridized carbons (Fsp3) is 1.00. The van der Waals surface area contributed by atoms with Crippen LogP contribution in [0.3, 0.4) is 0 Å². The van der Waals surface area contributed by atoms with E-state index in [4.69, 9.17) is 0 Å². The van der Waals surface area contributed by atoms with Gasteiger partial charge in [0.15, 0.2) is 0 Å². The number of hydrogen-bond acceptors (Lipinski definition) is 0. The summed E-state index contributed by atoms with van der Waals surface area (Å²) in [5.74, 6) is 3.14. The molecule has 0 rings (SSSR count). The first-order chi connectivity index (χ1) is 26.5. The molecular weight excluding hydrogens is 685 g/mol. The van der Waals surface area contributed by atoms with Crippen LogP contribution in [0, 0.1) is 17.8 Å². The lowest BCUT2D eigenvalue weighted by Gasteiger charge is -2.16. The van der Waals surface area contributed by atoms with Crippen molar-refractivity contribution in [3.8, 4) is 0 Å². The summed E-state index contributed by atoms with van der Waals surface area (Å²) in [4.78, 5) is 0. The Morgan fingerprint density at radius 2 is 0.263 bits per heavy atom. The van der Waals surface area contributed by atoms with Crippen LogP contribution in [0.1, 0.15) is 354 Å². The van der Waals surface area contributed by atoms with Crippen LogP contribution in [-0.2, 0) is 0 Å². The van der Waals surface area contributed by atoms with Gasteiger partial charge in [0.2, 0.25) is 0 Å². The predicted molar refractivity (Wildman–Crippen MR) is 276 cm³/mol. The average Bonchev–Trinajstić information content (AvgIpc) is 3.18. The van der Waals surface area contributed by atoms with Gasteiger partial charge >= 0.3 is 0 Å². The third-order valence-electron chi connectivity index (χ3n) is 12.4. The zero-order chi connectivity index (χ0) is 40.4. The van der Waals surface area contributed by atoms with Gasteiger partial charge in [-0.3, -0.25) is 0 Å². The molecule has 0 amide bonds. The molecule has 0 aromatic rings. The smallest absolute Gasteiger partial charge is 0.0414 e. The average molecular weight is 812 g/mol. The van der Waals surface area contributed by atoms with E-state index >= 15 is 0 Å². The normalized spacial score (nSPS) is 10.7. The summed E-state index contributed by atoms with van der Waals surface area (Å²) in [6.45, 7) is 20.8. The summed E-state index contributed by atoms with van der Waals surface area (Å²) in [5.41, 5.74) is 0. The largest absolute Gasteiger partial charge is 0.0776 e. The lowest BCUT2D eigenvalue weighted by atomic mass is 9.90. The van der Waals surface area contributed by atoms with Crippen molar-refractivity contribution >= 4 is 0 Å². The minimum absolute atomic E-state index is 0. The Balaban J connectivity index is -0.000000167. The maximum atomic E-state index is 2.32. The van der Waals surface area contributed by atoms with Crippen molar-refractivity contribution in [2.75, 3.05) is 0 Å². The van der Waals surface area contributed by atoms with Gasteiger partial charge in [0.1, 0.15) is 0 Å². The first-order valence-electron chi connectivity index (χ1n) is 26.5. The standard InChI is InChI=1S/3C18H38.3CH4/c3*1-4-7-10-13-16-18(15-12-9-6-3)17-14-11-8-5-2;;;/h3*18H,4-17H2,1-3H3;3*1H4. The zero-order valence-corrected chi connectivity index (χ0v) is 40.4. The van der Waals surface area contributed by atoms with Gasteiger partial charge in [-0.15, -0.1) is 0 Å². The molecular formula is C57H126. The van der Waals surface area contributed by atoms with E-state index in [1.54, 1.807) is 0 Å². The van der Waals surface area contributed by atoms with Crippen LogP contribution in [0.25, 0.3) is 0 Å². The van der Waals surface area contributed by atoms with Crippen molar-refractivity contribution in [2.24, 2.45) is 17.8 Å². The highest BCUT2D eigenvalue weighted by atomic mass is 14.2. The summed E-state index contributed by atoms with van der Waals surface area (Å²) in [6.07, 6.45) is 61.1. The van der Waals surface area contributed by atoms with E-state index in [0.29, 0.717) is 0 Å². The molecule has 0 unspecified atom stereocenters. The third kappa shape index (κ3) is 62.8. The van der Waals surface area contributed by atoms with E-state index < -0.39 is 0 Å². The first-order valence-corrected chi connectivity index (χ1v) is 26.5. The topological polar surface area (TPSA) is 0 Å². The van der Waals surface area contributed by atoms with E-state index in [2.05, 4.69) is 62.3 Å².